The molecule has 7 heteroatoms. The number of aliphatic carboxylic acids is 1. The van der Waals surface area contributed by atoms with Gasteiger partial charge < -0.3 is 9.52 Å². The number of carbonyl (C=O) groups is 1. The second kappa shape index (κ2) is 7.74. The third-order valence-corrected chi connectivity index (χ3v) is 3.53. The third kappa shape index (κ3) is 4.66. The Kier molecular flexibility index (Phi) is 5.70. The van der Waals surface area contributed by atoms with E-state index in [9.17, 15) is 20.0 Å². The lowest BCUT2D eigenvalue weighted by atomic mass is 10.0. The minimum atomic E-state index is -0.894. The highest BCUT2D eigenvalue weighted by molar-refractivity contribution is 5.73. The molecule has 0 aliphatic rings. The van der Waals surface area contributed by atoms with E-state index in [1.165, 1.54) is 12.1 Å². The van der Waals surface area contributed by atoms with Crippen molar-refractivity contribution < 1.29 is 19.2 Å². The molecule has 0 aliphatic heterocycles. The number of nitrogens with one attached hydrogen (secondary N) is 1. The highest BCUT2D eigenvalue weighted by Gasteiger charge is 2.19. The molecular formula is C17H20N2O5. The molecule has 2 N–H and O–H groups in total. The molecule has 1 heterocycles. The van der Waals surface area contributed by atoms with Crippen molar-refractivity contribution in [3.63, 3.8) is 0 Å². The van der Waals surface area contributed by atoms with Crippen molar-refractivity contribution in [3.8, 4) is 11.3 Å². The molecule has 0 amide bonds. The molecule has 0 saturated heterocycles. The lowest BCUT2D eigenvalue weighted by Crippen LogP contribution is -2.37. The van der Waals surface area contributed by atoms with Crippen LogP contribution in [0.25, 0.3) is 11.3 Å². The standard InChI is InChI=1S/C17H20N2O5/c1-11(2)8-15(17(20)21)18-10-14-6-7-16(24-14)12-4-3-5-13(9-12)19(22)23/h3-7,9,11,15,18H,8,10H2,1-2H3,(H,20,21)/t15-/m1/s1. The largest absolute Gasteiger partial charge is 0.480 e. The number of hydrogen-bond donors (Lipinski definition) is 2. The predicted molar refractivity (Wildman–Crippen MR) is 88.5 cm³/mol. The van der Waals surface area contributed by atoms with Crippen LogP contribution >= 0.6 is 0 Å². The number of rotatable bonds is 8. The molecule has 2 rings (SSSR count). The molecule has 2 aromatic rings. The summed E-state index contributed by atoms with van der Waals surface area (Å²) in [5.74, 6) is 0.447. The zero-order valence-electron chi connectivity index (χ0n) is 13.6. The van der Waals surface area contributed by atoms with E-state index >= 15 is 0 Å². The van der Waals surface area contributed by atoms with Crippen LogP contribution in [0.1, 0.15) is 26.0 Å². The van der Waals surface area contributed by atoms with Crippen molar-refractivity contribution in [2.75, 3.05) is 0 Å². The predicted octanol–water partition coefficient (Wildman–Crippen LogP) is 3.44. The number of carboxylic acids is 1. The number of nitro benzene ring substituents is 1. The van der Waals surface area contributed by atoms with E-state index in [0.717, 1.165) is 0 Å². The van der Waals surface area contributed by atoms with E-state index in [4.69, 9.17) is 4.42 Å². The van der Waals surface area contributed by atoms with Crippen LogP contribution in [0.15, 0.2) is 40.8 Å². The number of hydrogen-bond acceptors (Lipinski definition) is 5. The van der Waals surface area contributed by atoms with Crippen LogP contribution in [0.3, 0.4) is 0 Å². The van der Waals surface area contributed by atoms with E-state index in [2.05, 4.69) is 5.32 Å². The minimum Gasteiger partial charge on any atom is -0.480 e. The van der Waals surface area contributed by atoms with Crippen molar-refractivity contribution in [1.29, 1.82) is 0 Å². The van der Waals surface area contributed by atoms with Gasteiger partial charge >= 0.3 is 5.97 Å². The van der Waals surface area contributed by atoms with Crippen molar-refractivity contribution in [2.24, 2.45) is 5.92 Å². The number of benzene rings is 1. The van der Waals surface area contributed by atoms with Crippen molar-refractivity contribution in [2.45, 2.75) is 32.9 Å². The van der Waals surface area contributed by atoms with Gasteiger partial charge in [-0.15, -0.1) is 0 Å². The maximum Gasteiger partial charge on any atom is 0.320 e. The molecule has 0 bridgehead atoms. The van der Waals surface area contributed by atoms with Crippen molar-refractivity contribution in [3.05, 3.63) is 52.3 Å². The molecule has 0 radical (unpaired) electrons. The van der Waals surface area contributed by atoms with Gasteiger partial charge in [0.15, 0.2) is 0 Å². The van der Waals surface area contributed by atoms with Crippen LogP contribution in [0.2, 0.25) is 0 Å². The van der Waals surface area contributed by atoms with Gasteiger partial charge in [-0.05, 0) is 24.5 Å². The highest BCUT2D eigenvalue weighted by Crippen LogP contribution is 2.25. The fraction of sp³-hybridized carbons (Fsp3) is 0.353. The molecule has 0 saturated carbocycles. The Morgan fingerprint density at radius 1 is 1.33 bits per heavy atom. The molecule has 1 aromatic carbocycles. The first-order valence-corrected chi connectivity index (χ1v) is 7.66. The molecule has 7 nitrogen and oxygen atoms in total. The van der Waals surface area contributed by atoms with Gasteiger partial charge in [-0.3, -0.25) is 20.2 Å². The Labute approximate surface area is 139 Å². The number of nitrogens with zero attached hydrogens (tertiary/aromatic N) is 1. The van der Waals surface area contributed by atoms with E-state index in [1.54, 1.807) is 24.3 Å². The van der Waals surface area contributed by atoms with Gasteiger partial charge in [0.05, 0.1) is 11.5 Å². The third-order valence-electron chi connectivity index (χ3n) is 3.53. The zero-order chi connectivity index (χ0) is 17.7. The van der Waals surface area contributed by atoms with Crippen LogP contribution < -0.4 is 5.32 Å². The number of nitro groups is 1. The minimum absolute atomic E-state index is 0.00792. The van der Waals surface area contributed by atoms with Crippen molar-refractivity contribution >= 4 is 11.7 Å². The number of carboxylic acid groups (broad SMARTS) is 1. The fourth-order valence-corrected chi connectivity index (χ4v) is 2.37. The van der Waals surface area contributed by atoms with Crippen molar-refractivity contribution in [1.82, 2.24) is 5.32 Å². The Morgan fingerprint density at radius 2 is 2.08 bits per heavy atom. The number of non-ortho nitro benzene ring substituents is 1. The Bertz CT molecular complexity index is 723. The zero-order valence-corrected chi connectivity index (χ0v) is 13.6. The summed E-state index contributed by atoms with van der Waals surface area (Å²) < 4.78 is 5.66. The molecule has 24 heavy (non-hydrogen) atoms. The van der Waals surface area contributed by atoms with Gasteiger partial charge in [0, 0.05) is 17.7 Å². The average Bonchev–Trinajstić information content (AvgIpc) is 3.00. The van der Waals surface area contributed by atoms with Gasteiger partial charge in [0.2, 0.25) is 0 Å². The maximum atomic E-state index is 11.2. The van der Waals surface area contributed by atoms with E-state index in [0.29, 0.717) is 23.5 Å². The average molecular weight is 332 g/mol. The van der Waals surface area contributed by atoms with E-state index in [-0.39, 0.29) is 18.2 Å². The normalized spacial score (nSPS) is 12.3. The first-order chi connectivity index (χ1) is 11.4. The summed E-state index contributed by atoms with van der Waals surface area (Å²) >= 11 is 0. The fourth-order valence-electron chi connectivity index (χ4n) is 2.37. The molecular weight excluding hydrogens is 312 g/mol. The lowest BCUT2D eigenvalue weighted by Gasteiger charge is -2.15. The maximum absolute atomic E-state index is 11.2. The van der Waals surface area contributed by atoms with Crippen LogP contribution in [0, 0.1) is 16.0 Å². The second-order valence-corrected chi connectivity index (χ2v) is 5.97. The van der Waals surface area contributed by atoms with Crippen LogP contribution in [-0.2, 0) is 11.3 Å². The summed E-state index contributed by atoms with van der Waals surface area (Å²) in [7, 11) is 0. The second-order valence-electron chi connectivity index (χ2n) is 5.97. The Hall–Kier alpha value is -2.67. The Balaban J connectivity index is 2.06. The number of furan rings is 1. The molecule has 1 atom stereocenters. The van der Waals surface area contributed by atoms with Crippen LogP contribution in [-0.4, -0.2) is 22.0 Å². The monoisotopic (exact) mass is 332 g/mol. The molecule has 1 aromatic heterocycles. The van der Waals surface area contributed by atoms with E-state index < -0.39 is 16.9 Å². The molecule has 0 spiro atoms. The molecule has 0 fully saturated rings. The summed E-state index contributed by atoms with van der Waals surface area (Å²) in [5.41, 5.74) is 0.596. The summed E-state index contributed by atoms with van der Waals surface area (Å²) in [6.07, 6.45) is 0.522. The summed E-state index contributed by atoms with van der Waals surface area (Å²) in [6, 6.07) is 8.98. The summed E-state index contributed by atoms with van der Waals surface area (Å²) in [4.78, 5) is 21.6. The van der Waals surface area contributed by atoms with Gasteiger partial charge in [-0.25, -0.2) is 0 Å². The summed E-state index contributed by atoms with van der Waals surface area (Å²) in [6.45, 7) is 4.20. The molecule has 0 unspecified atom stereocenters. The Morgan fingerprint density at radius 3 is 2.71 bits per heavy atom. The van der Waals surface area contributed by atoms with E-state index in [1.807, 2.05) is 13.8 Å². The molecule has 0 aliphatic carbocycles. The van der Waals surface area contributed by atoms with Gasteiger partial charge in [-0.2, -0.15) is 0 Å². The van der Waals surface area contributed by atoms with Crippen LogP contribution in [0.5, 0.6) is 0 Å². The van der Waals surface area contributed by atoms with Gasteiger partial charge in [-0.1, -0.05) is 26.0 Å². The molecule has 128 valence electrons. The van der Waals surface area contributed by atoms with Gasteiger partial charge in [0.25, 0.3) is 5.69 Å². The lowest BCUT2D eigenvalue weighted by molar-refractivity contribution is -0.384. The SMILES string of the molecule is CC(C)C[C@@H](NCc1ccc(-c2cccc([N+](=O)[O-])c2)o1)C(=O)O. The first kappa shape index (κ1) is 17.7. The smallest absolute Gasteiger partial charge is 0.320 e. The topological polar surface area (TPSA) is 106 Å². The van der Waals surface area contributed by atoms with Gasteiger partial charge in [0.1, 0.15) is 17.6 Å². The first-order valence-electron chi connectivity index (χ1n) is 7.66. The van der Waals surface area contributed by atoms with Crippen LogP contribution in [0.4, 0.5) is 5.69 Å². The highest BCUT2D eigenvalue weighted by atomic mass is 16.6. The summed E-state index contributed by atoms with van der Waals surface area (Å²) in [5, 5.41) is 23.0. The quantitative estimate of drug-likeness (QED) is 0.566.